The number of fused-ring (bicyclic) bond motifs is 5. The van der Waals surface area contributed by atoms with Gasteiger partial charge < -0.3 is 23.0 Å². The smallest absolute Gasteiger partial charge is 0.337 e. The summed E-state index contributed by atoms with van der Waals surface area (Å²) in [6.07, 6.45) is 24.7. The zero-order valence-corrected chi connectivity index (χ0v) is 62.3. The van der Waals surface area contributed by atoms with Gasteiger partial charge in [0.25, 0.3) is 0 Å². The number of ketones is 4. The van der Waals surface area contributed by atoms with Gasteiger partial charge in [0.2, 0.25) is 23.1 Å². The first kappa shape index (κ1) is 73.2. The summed E-state index contributed by atoms with van der Waals surface area (Å²) < 4.78 is 16.1. The second kappa shape index (κ2) is 34.2. The Morgan fingerprint density at radius 2 is 0.904 bits per heavy atom. The minimum Gasteiger partial charge on any atom is -0.465 e. The molecule has 0 spiro atoms. The van der Waals surface area contributed by atoms with Gasteiger partial charge in [-0.05, 0) is 192 Å². The maximum absolute atomic E-state index is 13.2. The first-order valence-corrected chi connectivity index (χ1v) is 37.4. The first-order chi connectivity index (χ1) is 50.6. The number of aryl methyl sites for hydroxylation is 7. The standard InChI is InChI=1S/C23H22N2O3.C19H26N2.C15H15BrN2O.C15H16N2O.C15H12N2O/c1-15-7-3-4-8-18(15)21(26)22-24-20(19-9-5-6-14-25(19)22)16-10-12-17(13-11-16)23(27)28-2;1-3-4-11-18(17-12-6-5-9-15(17)2)19-20-14-16-10-7-8-13-21(16)19;1-10-6-2-3-7-11(10)13(19)15-17-14(16)12-8-4-5-9-18(12)15;2*1-11-6-2-3-8-13(11)14(18)15-16-10-12-7-4-5-9-17(12)15/h3-4,7-8,10-13H,5-6,9,14H2,1-2H3;5-6,9,12,14,18H,3-4,7-8,10-11,13H2,1-2H3;2-3,6-7H,4-5,8-9H2,1H3;2-3,6,8,10H,4-5,7,9H2,1H3;2-10H,1H3. The Bertz CT molecular complexity index is 5070. The summed E-state index contributed by atoms with van der Waals surface area (Å²) in [5.74, 6) is 3.48. The Hall–Kier alpha value is -10.5. The highest BCUT2D eigenvalue weighted by atomic mass is 79.9. The molecule has 0 amide bonds. The highest BCUT2D eigenvalue weighted by molar-refractivity contribution is 9.10. The van der Waals surface area contributed by atoms with Crippen molar-refractivity contribution in [3.8, 4) is 11.3 Å². The fourth-order valence-corrected chi connectivity index (χ4v) is 15.2. The SMILES string of the molecule is CCCCC(c1ccccc1C)c1ncc2n1CCCC2.COC(=O)c1ccc(-c2nc(C(=O)c3ccccc3C)n3c2CCCC3)cc1.Cc1ccccc1C(=O)c1nc(Br)c2n1CCCC2.Cc1ccccc1C(=O)c1ncc2ccccn12.Cc1ccccc1C(=O)c1ncc2n1CCCC2. The molecule has 6 aromatic heterocycles. The Labute approximate surface area is 617 Å². The molecule has 0 saturated heterocycles. The molecule has 1 unspecified atom stereocenters. The van der Waals surface area contributed by atoms with Crippen LogP contribution in [0.15, 0.2) is 193 Å². The van der Waals surface area contributed by atoms with Gasteiger partial charge in [0.05, 0.1) is 35.8 Å². The molecule has 4 aliphatic heterocycles. The molecular weight excluding hydrogens is 1360 g/mol. The lowest BCUT2D eigenvalue weighted by atomic mass is 9.89. The lowest BCUT2D eigenvalue weighted by Gasteiger charge is -2.23. The lowest BCUT2D eigenvalue weighted by molar-refractivity contribution is 0.0600. The lowest BCUT2D eigenvalue weighted by Crippen LogP contribution is -2.17. The molecule has 17 heteroatoms. The third-order valence-electron chi connectivity index (χ3n) is 20.3. The van der Waals surface area contributed by atoms with Crippen LogP contribution in [0.5, 0.6) is 0 Å². The van der Waals surface area contributed by atoms with Gasteiger partial charge >= 0.3 is 5.97 Å². The predicted molar refractivity (Wildman–Crippen MR) is 411 cm³/mol. The van der Waals surface area contributed by atoms with Gasteiger partial charge in [0.1, 0.15) is 10.4 Å². The molecule has 0 radical (unpaired) electrons. The van der Waals surface area contributed by atoms with E-state index in [1.807, 2.05) is 172 Å². The van der Waals surface area contributed by atoms with Crippen molar-refractivity contribution in [2.24, 2.45) is 0 Å². The fraction of sp³-hybridized carbons (Fsp3) is 0.310. The maximum Gasteiger partial charge on any atom is 0.337 e. The summed E-state index contributed by atoms with van der Waals surface area (Å²) in [6.45, 7) is 16.1. The van der Waals surface area contributed by atoms with E-state index in [1.165, 1.54) is 86.8 Å². The van der Waals surface area contributed by atoms with Crippen LogP contribution in [0.1, 0.15) is 221 Å². The maximum atomic E-state index is 13.2. The number of esters is 1. The number of carbonyl (C=O) groups is 5. The van der Waals surface area contributed by atoms with E-state index < -0.39 is 0 Å². The zero-order chi connectivity index (χ0) is 72.8. The molecule has 0 bridgehead atoms. The van der Waals surface area contributed by atoms with Crippen LogP contribution in [-0.2, 0) is 56.6 Å². The van der Waals surface area contributed by atoms with Crippen LogP contribution >= 0.6 is 15.9 Å². The van der Waals surface area contributed by atoms with Gasteiger partial charge in [-0.1, -0.05) is 159 Å². The number of ether oxygens (including phenoxy) is 1. The number of benzene rings is 6. The van der Waals surface area contributed by atoms with Crippen molar-refractivity contribution < 1.29 is 28.7 Å². The molecule has 104 heavy (non-hydrogen) atoms. The number of unbranched alkanes of at least 4 members (excludes halogenated alkanes) is 1. The number of nitrogens with zero attached hydrogens (tertiary/aromatic N) is 10. The summed E-state index contributed by atoms with van der Waals surface area (Å²) in [6, 6.07) is 52.3. The first-order valence-electron chi connectivity index (χ1n) is 36.6. The van der Waals surface area contributed by atoms with Crippen molar-refractivity contribution in [3.05, 3.63) is 306 Å². The Morgan fingerprint density at radius 3 is 1.46 bits per heavy atom. The van der Waals surface area contributed by atoms with Crippen LogP contribution < -0.4 is 0 Å². The van der Waals surface area contributed by atoms with E-state index >= 15 is 0 Å². The second-order valence-corrected chi connectivity index (χ2v) is 28.0. The van der Waals surface area contributed by atoms with Crippen LogP contribution in [0.2, 0.25) is 0 Å². The molecule has 1 atom stereocenters. The second-order valence-electron chi connectivity index (χ2n) is 27.3. The molecule has 0 aliphatic carbocycles. The van der Waals surface area contributed by atoms with E-state index in [4.69, 9.17) is 14.7 Å². The predicted octanol–water partition coefficient (Wildman–Crippen LogP) is 18.2. The van der Waals surface area contributed by atoms with Crippen LogP contribution in [0.4, 0.5) is 0 Å². The van der Waals surface area contributed by atoms with Crippen molar-refractivity contribution in [2.75, 3.05) is 7.11 Å². The van der Waals surface area contributed by atoms with Gasteiger partial charge in [-0.2, -0.15) is 0 Å². The minimum atomic E-state index is -0.367. The number of hydrogen-bond donors (Lipinski definition) is 0. The van der Waals surface area contributed by atoms with Crippen LogP contribution in [0, 0.1) is 34.6 Å². The molecule has 16 rings (SSSR count). The number of rotatable bonds is 15. The van der Waals surface area contributed by atoms with Crippen molar-refractivity contribution in [1.29, 1.82) is 0 Å². The quantitative estimate of drug-likeness (QED) is 0.0703. The summed E-state index contributed by atoms with van der Waals surface area (Å²) in [5.41, 5.74) is 17.7. The molecule has 4 aliphatic rings. The van der Waals surface area contributed by atoms with Crippen LogP contribution in [0.25, 0.3) is 16.8 Å². The number of aromatic nitrogens is 10. The topological polar surface area (TPSA) is 183 Å². The van der Waals surface area contributed by atoms with Gasteiger partial charge in [-0.3, -0.25) is 23.6 Å². The molecule has 16 nitrogen and oxygen atoms in total. The number of pyridine rings is 1. The molecule has 0 saturated carbocycles. The van der Waals surface area contributed by atoms with Gasteiger partial charge in [0, 0.05) is 95.6 Å². The molecular formula is C87H91BrN10O6. The number of hydrogen-bond acceptors (Lipinski definition) is 11. The molecule has 12 aromatic rings. The molecule has 6 aromatic carbocycles. The summed E-state index contributed by atoms with van der Waals surface area (Å²) in [7, 11) is 1.37. The van der Waals surface area contributed by atoms with E-state index in [0.29, 0.717) is 45.9 Å². The largest absolute Gasteiger partial charge is 0.465 e. The van der Waals surface area contributed by atoms with E-state index in [-0.39, 0.29) is 29.1 Å². The van der Waals surface area contributed by atoms with Crippen molar-refractivity contribution in [2.45, 2.75) is 170 Å². The van der Waals surface area contributed by atoms with Crippen LogP contribution in [0.3, 0.4) is 0 Å². The van der Waals surface area contributed by atoms with E-state index in [2.05, 4.69) is 93.5 Å². The third-order valence-corrected chi connectivity index (χ3v) is 21.0. The average molecular weight is 1450 g/mol. The summed E-state index contributed by atoms with van der Waals surface area (Å²) >= 11 is 3.48. The average Bonchev–Trinajstić information content (AvgIpc) is 1.62. The van der Waals surface area contributed by atoms with Crippen molar-refractivity contribution in [1.82, 2.24) is 47.6 Å². The Morgan fingerprint density at radius 1 is 0.452 bits per heavy atom. The number of imidazole rings is 5. The van der Waals surface area contributed by atoms with Gasteiger partial charge in [-0.25, -0.2) is 29.7 Å². The zero-order valence-electron chi connectivity index (χ0n) is 60.7. The molecule has 10 heterocycles. The van der Waals surface area contributed by atoms with Gasteiger partial charge in [0.15, 0.2) is 23.3 Å². The number of methoxy groups -OCH3 is 1. The minimum absolute atomic E-state index is 0.0203. The van der Waals surface area contributed by atoms with E-state index in [0.717, 1.165) is 137 Å². The number of carbonyl (C=O) groups excluding carboxylic acids is 5. The van der Waals surface area contributed by atoms with Gasteiger partial charge in [-0.15, -0.1) is 0 Å². The monoisotopic (exact) mass is 1450 g/mol. The molecule has 0 N–H and O–H groups in total. The number of halogens is 1. The summed E-state index contributed by atoms with van der Waals surface area (Å²) in [5, 5.41) is 0. The molecule has 532 valence electrons. The highest BCUT2D eigenvalue weighted by Crippen LogP contribution is 2.35. The normalized spacial score (nSPS) is 13.6. The Balaban J connectivity index is 0.000000124. The van der Waals surface area contributed by atoms with E-state index in [9.17, 15) is 24.0 Å². The van der Waals surface area contributed by atoms with Crippen molar-refractivity contribution >= 4 is 50.5 Å². The fourth-order valence-electron chi connectivity index (χ4n) is 14.6. The molecule has 0 fully saturated rings. The Kier molecular flexibility index (Phi) is 24.1. The summed E-state index contributed by atoms with van der Waals surface area (Å²) in [4.78, 5) is 85.1. The third kappa shape index (κ3) is 16.3. The van der Waals surface area contributed by atoms with Crippen molar-refractivity contribution in [3.63, 3.8) is 0 Å². The highest BCUT2D eigenvalue weighted by Gasteiger charge is 2.29. The van der Waals surface area contributed by atoms with E-state index in [1.54, 1.807) is 18.3 Å². The van der Waals surface area contributed by atoms with Crippen LogP contribution in [-0.4, -0.2) is 83.8 Å².